The lowest BCUT2D eigenvalue weighted by Gasteiger charge is -2.04. The van der Waals surface area contributed by atoms with Crippen LogP contribution < -0.4 is 5.69 Å². The van der Waals surface area contributed by atoms with Gasteiger partial charge in [-0.1, -0.05) is 29.8 Å². The number of aromatic amines is 1. The zero-order valence-electron chi connectivity index (χ0n) is 9.77. The van der Waals surface area contributed by atoms with Gasteiger partial charge in [-0.15, -0.1) is 0 Å². The molecule has 0 saturated heterocycles. The smallest absolute Gasteiger partial charge is 0.305 e. The molecule has 0 aliphatic carbocycles. The largest absolute Gasteiger partial charge is 0.331 e. The molecule has 0 amide bonds. The molecule has 4 heteroatoms. The summed E-state index contributed by atoms with van der Waals surface area (Å²) in [6.45, 7) is 1.97. The van der Waals surface area contributed by atoms with Gasteiger partial charge in [0.1, 0.15) is 0 Å². The molecule has 1 N–H and O–H groups in total. The fourth-order valence-corrected chi connectivity index (χ4v) is 2.33. The van der Waals surface area contributed by atoms with E-state index in [4.69, 9.17) is 11.6 Å². The highest BCUT2D eigenvalue weighted by atomic mass is 35.5. The topological polar surface area (TPSA) is 37.8 Å². The maximum absolute atomic E-state index is 12.1. The molecule has 18 heavy (non-hydrogen) atoms. The van der Waals surface area contributed by atoms with Gasteiger partial charge in [0.05, 0.1) is 16.7 Å². The average molecular weight is 259 g/mol. The molecule has 0 aliphatic heterocycles. The first-order valence-corrected chi connectivity index (χ1v) is 6.01. The number of nitrogens with zero attached hydrogens (tertiary/aromatic N) is 1. The van der Waals surface area contributed by atoms with Crippen molar-refractivity contribution < 1.29 is 0 Å². The van der Waals surface area contributed by atoms with E-state index >= 15 is 0 Å². The van der Waals surface area contributed by atoms with Crippen LogP contribution in [0, 0.1) is 6.92 Å². The van der Waals surface area contributed by atoms with Crippen LogP contribution in [0.25, 0.3) is 16.7 Å². The van der Waals surface area contributed by atoms with Crippen molar-refractivity contribution in [1.29, 1.82) is 0 Å². The molecule has 0 radical (unpaired) electrons. The van der Waals surface area contributed by atoms with Crippen molar-refractivity contribution >= 4 is 22.6 Å². The first-order valence-electron chi connectivity index (χ1n) is 5.63. The van der Waals surface area contributed by atoms with Crippen LogP contribution in [0.15, 0.2) is 47.3 Å². The van der Waals surface area contributed by atoms with Crippen molar-refractivity contribution in [1.82, 2.24) is 9.55 Å². The van der Waals surface area contributed by atoms with Crippen LogP contribution in [0.3, 0.4) is 0 Å². The summed E-state index contributed by atoms with van der Waals surface area (Å²) in [6, 6.07) is 13.1. The zero-order chi connectivity index (χ0) is 12.7. The second-order valence-corrected chi connectivity index (χ2v) is 4.65. The van der Waals surface area contributed by atoms with Crippen LogP contribution in [0.4, 0.5) is 0 Å². The van der Waals surface area contributed by atoms with Gasteiger partial charge in [-0.2, -0.15) is 0 Å². The van der Waals surface area contributed by atoms with E-state index in [1.165, 1.54) is 0 Å². The van der Waals surface area contributed by atoms with Crippen molar-refractivity contribution in [3.8, 4) is 5.69 Å². The molecule has 0 spiro atoms. The number of para-hydroxylation sites is 1. The minimum Gasteiger partial charge on any atom is -0.305 e. The monoisotopic (exact) mass is 258 g/mol. The highest BCUT2D eigenvalue weighted by Gasteiger charge is 2.09. The summed E-state index contributed by atoms with van der Waals surface area (Å²) >= 11 is 5.97. The van der Waals surface area contributed by atoms with E-state index in [-0.39, 0.29) is 5.69 Å². The Bertz CT molecular complexity index is 786. The number of benzene rings is 2. The highest BCUT2D eigenvalue weighted by molar-refractivity contribution is 6.30. The molecular weight excluding hydrogens is 248 g/mol. The summed E-state index contributed by atoms with van der Waals surface area (Å²) in [4.78, 5) is 14.9. The molecule has 90 valence electrons. The highest BCUT2D eigenvalue weighted by Crippen LogP contribution is 2.20. The van der Waals surface area contributed by atoms with Gasteiger partial charge < -0.3 is 4.98 Å². The molecule has 0 unspecified atom stereocenters. The quantitative estimate of drug-likeness (QED) is 0.715. The third kappa shape index (κ3) is 1.64. The lowest BCUT2D eigenvalue weighted by Crippen LogP contribution is -2.14. The Balaban J connectivity index is 2.39. The van der Waals surface area contributed by atoms with Crippen molar-refractivity contribution in [3.05, 3.63) is 63.5 Å². The Kier molecular flexibility index (Phi) is 2.49. The number of halogens is 1. The number of H-pyrrole nitrogens is 1. The molecule has 1 heterocycles. The maximum atomic E-state index is 12.1. The van der Waals surface area contributed by atoms with Crippen LogP contribution in [0.5, 0.6) is 0 Å². The van der Waals surface area contributed by atoms with Gasteiger partial charge in [0.2, 0.25) is 0 Å². The van der Waals surface area contributed by atoms with Gasteiger partial charge in [-0.05, 0) is 36.8 Å². The molecule has 3 rings (SSSR count). The summed E-state index contributed by atoms with van der Waals surface area (Å²) in [6.07, 6.45) is 0. The standard InChI is InChI=1S/C14H11ClN2O/c1-9-4-2-7-12-13(9)16-14(18)17(12)11-6-3-5-10(15)8-11/h2-8H,1H3,(H,16,18). The average Bonchev–Trinajstić information content (AvgIpc) is 2.67. The fourth-order valence-electron chi connectivity index (χ4n) is 2.15. The Hall–Kier alpha value is -2.00. The number of imidazole rings is 1. The molecule has 0 saturated carbocycles. The van der Waals surface area contributed by atoms with Gasteiger partial charge in [0.15, 0.2) is 0 Å². The summed E-state index contributed by atoms with van der Waals surface area (Å²) in [5.41, 5.74) is 3.39. The van der Waals surface area contributed by atoms with Crippen molar-refractivity contribution in [2.24, 2.45) is 0 Å². The predicted molar refractivity (Wildman–Crippen MR) is 73.6 cm³/mol. The van der Waals surface area contributed by atoms with Crippen LogP contribution in [-0.4, -0.2) is 9.55 Å². The lowest BCUT2D eigenvalue weighted by atomic mass is 10.2. The Morgan fingerprint density at radius 2 is 1.94 bits per heavy atom. The fraction of sp³-hybridized carbons (Fsp3) is 0.0714. The predicted octanol–water partition coefficient (Wildman–Crippen LogP) is 3.28. The summed E-state index contributed by atoms with van der Waals surface area (Å²) in [7, 11) is 0. The van der Waals surface area contributed by atoms with Crippen LogP contribution >= 0.6 is 11.6 Å². The van der Waals surface area contributed by atoms with Gasteiger partial charge in [-0.25, -0.2) is 4.79 Å². The summed E-state index contributed by atoms with van der Waals surface area (Å²) < 4.78 is 1.63. The molecule has 0 bridgehead atoms. The lowest BCUT2D eigenvalue weighted by molar-refractivity contribution is 1.02. The van der Waals surface area contributed by atoms with E-state index in [1.54, 1.807) is 16.7 Å². The minimum atomic E-state index is -0.151. The number of nitrogens with one attached hydrogen (secondary N) is 1. The van der Waals surface area contributed by atoms with Gasteiger partial charge >= 0.3 is 5.69 Å². The number of aryl methyl sites for hydroxylation is 1. The third-order valence-corrected chi connectivity index (χ3v) is 3.23. The Morgan fingerprint density at radius 3 is 2.72 bits per heavy atom. The van der Waals surface area contributed by atoms with E-state index in [2.05, 4.69) is 4.98 Å². The number of aromatic nitrogens is 2. The first kappa shape index (κ1) is 11.1. The van der Waals surface area contributed by atoms with Crippen molar-refractivity contribution in [2.75, 3.05) is 0 Å². The number of fused-ring (bicyclic) bond motifs is 1. The molecule has 0 fully saturated rings. The molecular formula is C14H11ClN2O. The van der Waals surface area contributed by atoms with Crippen LogP contribution in [0.1, 0.15) is 5.56 Å². The van der Waals surface area contributed by atoms with E-state index in [0.29, 0.717) is 5.02 Å². The number of hydrogen-bond acceptors (Lipinski definition) is 1. The van der Waals surface area contributed by atoms with E-state index in [9.17, 15) is 4.79 Å². The van der Waals surface area contributed by atoms with E-state index in [1.807, 2.05) is 37.3 Å². The Labute approximate surface area is 109 Å². The number of hydrogen-bond donors (Lipinski definition) is 1. The second-order valence-electron chi connectivity index (χ2n) is 4.21. The zero-order valence-corrected chi connectivity index (χ0v) is 10.5. The van der Waals surface area contributed by atoms with Gasteiger partial charge in [-0.3, -0.25) is 4.57 Å². The van der Waals surface area contributed by atoms with Crippen LogP contribution in [0.2, 0.25) is 5.02 Å². The van der Waals surface area contributed by atoms with Crippen molar-refractivity contribution in [3.63, 3.8) is 0 Å². The first-order chi connectivity index (χ1) is 8.66. The molecule has 0 atom stereocenters. The molecule has 3 aromatic rings. The molecule has 2 aromatic carbocycles. The molecule has 1 aromatic heterocycles. The SMILES string of the molecule is Cc1cccc2c1[nH]c(=O)n2-c1cccc(Cl)c1. The Morgan fingerprint density at radius 1 is 1.17 bits per heavy atom. The van der Waals surface area contributed by atoms with E-state index in [0.717, 1.165) is 22.3 Å². The summed E-state index contributed by atoms with van der Waals surface area (Å²) in [5, 5.41) is 0.612. The second kappa shape index (κ2) is 4.03. The van der Waals surface area contributed by atoms with Crippen molar-refractivity contribution in [2.45, 2.75) is 6.92 Å². The molecule has 3 nitrogen and oxygen atoms in total. The van der Waals surface area contributed by atoms with Gasteiger partial charge in [0, 0.05) is 5.02 Å². The normalized spacial score (nSPS) is 11.0. The maximum Gasteiger partial charge on any atom is 0.331 e. The summed E-state index contributed by atoms with van der Waals surface area (Å²) in [5.74, 6) is 0. The van der Waals surface area contributed by atoms with Crippen LogP contribution in [-0.2, 0) is 0 Å². The number of rotatable bonds is 1. The third-order valence-electron chi connectivity index (χ3n) is 2.99. The van der Waals surface area contributed by atoms with E-state index < -0.39 is 0 Å². The van der Waals surface area contributed by atoms with Gasteiger partial charge in [0.25, 0.3) is 0 Å². The molecule has 0 aliphatic rings. The minimum absolute atomic E-state index is 0.151.